The molecule has 0 unspecified atom stereocenters. The van der Waals surface area contributed by atoms with E-state index in [9.17, 15) is 9.18 Å². The summed E-state index contributed by atoms with van der Waals surface area (Å²) in [5.41, 5.74) is 0.943. The van der Waals surface area contributed by atoms with E-state index in [4.69, 9.17) is 4.74 Å². The minimum atomic E-state index is -0.432. The molecule has 110 valence electrons. The highest BCUT2D eigenvalue weighted by molar-refractivity contribution is 5.95. The van der Waals surface area contributed by atoms with Gasteiger partial charge in [0, 0.05) is 6.04 Å². The minimum Gasteiger partial charge on any atom is -0.465 e. The second-order valence-electron chi connectivity index (χ2n) is 5.37. The standard InChI is InChI=1S/C16H22FNO2/c1-20-16(19)14-10-9-12(17)11-15(14)18-13-7-5-3-2-4-6-8-13/h9-11,13,18H,2-8H2,1H3. The summed E-state index contributed by atoms with van der Waals surface area (Å²) in [6.07, 6.45) is 8.31. The molecule has 20 heavy (non-hydrogen) atoms. The molecule has 0 saturated heterocycles. The van der Waals surface area contributed by atoms with Gasteiger partial charge in [-0.15, -0.1) is 0 Å². The first kappa shape index (κ1) is 14.8. The normalized spacial score (nSPS) is 17.1. The Balaban J connectivity index is 2.13. The number of carbonyl (C=O) groups excluding carboxylic acids is 1. The maximum atomic E-state index is 13.4. The molecule has 0 atom stereocenters. The number of benzene rings is 1. The van der Waals surface area contributed by atoms with Crippen LogP contribution in [0.2, 0.25) is 0 Å². The van der Waals surface area contributed by atoms with Gasteiger partial charge < -0.3 is 10.1 Å². The van der Waals surface area contributed by atoms with Crippen molar-refractivity contribution in [3.63, 3.8) is 0 Å². The maximum absolute atomic E-state index is 13.4. The number of methoxy groups -OCH3 is 1. The third-order valence-corrected chi connectivity index (χ3v) is 3.85. The number of anilines is 1. The molecule has 1 aliphatic carbocycles. The highest BCUT2D eigenvalue weighted by Crippen LogP contribution is 2.24. The van der Waals surface area contributed by atoms with Crippen molar-refractivity contribution < 1.29 is 13.9 Å². The quantitative estimate of drug-likeness (QED) is 0.845. The van der Waals surface area contributed by atoms with Crippen molar-refractivity contribution in [2.45, 2.75) is 51.0 Å². The lowest BCUT2D eigenvalue weighted by Gasteiger charge is -2.23. The van der Waals surface area contributed by atoms with Gasteiger partial charge in [0.25, 0.3) is 0 Å². The zero-order valence-corrected chi connectivity index (χ0v) is 12.0. The Morgan fingerprint density at radius 2 is 1.85 bits per heavy atom. The van der Waals surface area contributed by atoms with Crippen LogP contribution in [0.5, 0.6) is 0 Å². The van der Waals surface area contributed by atoms with E-state index in [0.29, 0.717) is 17.3 Å². The summed E-state index contributed by atoms with van der Waals surface area (Å²) in [5.74, 6) is -0.774. The fourth-order valence-corrected chi connectivity index (χ4v) is 2.74. The first-order valence-corrected chi connectivity index (χ1v) is 7.35. The average molecular weight is 279 g/mol. The van der Waals surface area contributed by atoms with Crippen LogP contribution in [0.25, 0.3) is 0 Å². The highest BCUT2D eigenvalue weighted by atomic mass is 19.1. The van der Waals surface area contributed by atoms with E-state index in [1.807, 2.05) is 0 Å². The highest BCUT2D eigenvalue weighted by Gasteiger charge is 2.17. The van der Waals surface area contributed by atoms with Gasteiger partial charge >= 0.3 is 5.97 Å². The topological polar surface area (TPSA) is 38.3 Å². The van der Waals surface area contributed by atoms with Crippen molar-refractivity contribution in [2.75, 3.05) is 12.4 Å². The molecule has 2 rings (SSSR count). The third-order valence-electron chi connectivity index (χ3n) is 3.85. The lowest BCUT2D eigenvalue weighted by molar-refractivity contribution is 0.0601. The Hall–Kier alpha value is -1.58. The lowest BCUT2D eigenvalue weighted by Crippen LogP contribution is -2.22. The van der Waals surface area contributed by atoms with Crippen molar-refractivity contribution in [2.24, 2.45) is 0 Å². The predicted octanol–water partition coefficient (Wildman–Crippen LogP) is 4.14. The summed E-state index contributed by atoms with van der Waals surface area (Å²) >= 11 is 0. The van der Waals surface area contributed by atoms with Crippen LogP contribution in [-0.2, 0) is 4.74 Å². The van der Waals surface area contributed by atoms with Gasteiger partial charge in [-0.3, -0.25) is 0 Å². The second kappa shape index (κ2) is 7.27. The van der Waals surface area contributed by atoms with Crippen LogP contribution >= 0.6 is 0 Å². The van der Waals surface area contributed by atoms with E-state index in [-0.39, 0.29) is 5.82 Å². The number of rotatable bonds is 3. The molecule has 1 fully saturated rings. The number of halogens is 1. The molecule has 0 radical (unpaired) electrons. The van der Waals surface area contributed by atoms with Gasteiger partial charge in [0.05, 0.1) is 18.4 Å². The smallest absolute Gasteiger partial charge is 0.339 e. The van der Waals surface area contributed by atoms with E-state index in [1.165, 1.54) is 57.4 Å². The van der Waals surface area contributed by atoms with E-state index >= 15 is 0 Å². The van der Waals surface area contributed by atoms with Crippen LogP contribution in [0.4, 0.5) is 10.1 Å². The Morgan fingerprint density at radius 3 is 2.50 bits per heavy atom. The Morgan fingerprint density at radius 1 is 1.20 bits per heavy atom. The Labute approximate surface area is 119 Å². The van der Waals surface area contributed by atoms with Crippen LogP contribution in [0.3, 0.4) is 0 Å². The molecular weight excluding hydrogens is 257 g/mol. The number of hydrogen-bond donors (Lipinski definition) is 1. The molecule has 0 heterocycles. The van der Waals surface area contributed by atoms with Crippen molar-refractivity contribution in [1.82, 2.24) is 0 Å². The molecule has 0 bridgehead atoms. The van der Waals surface area contributed by atoms with Crippen molar-refractivity contribution >= 4 is 11.7 Å². The Bertz CT molecular complexity index is 454. The number of ether oxygens (including phenoxy) is 1. The van der Waals surface area contributed by atoms with Crippen molar-refractivity contribution in [3.05, 3.63) is 29.6 Å². The molecular formula is C16H22FNO2. The van der Waals surface area contributed by atoms with E-state index in [1.54, 1.807) is 0 Å². The van der Waals surface area contributed by atoms with Crippen molar-refractivity contribution in [1.29, 1.82) is 0 Å². The molecule has 1 aromatic carbocycles. The molecule has 0 amide bonds. The summed E-state index contributed by atoms with van der Waals surface area (Å²) in [4.78, 5) is 11.7. The lowest BCUT2D eigenvalue weighted by atomic mass is 9.96. The van der Waals surface area contributed by atoms with Crippen LogP contribution in [0.15, 0.2) is 18.2 Å². The fourth-order valence-electron chi connectivity index (χ4n) is 2.74. The zero-order valence-electron chi connectivity index (χ0n) is 12.0. The van der Waals surface area contributed by atoms with Gasteiger partial charge in [-0.2, -0.15) is 0 Å². The van der Waals surface area contributed by atoms with Crippen LogP contribution in [0.1, 0.15) is 55.3 Å². The summed E-state index contributed by atoms with van der Waals surface area (Å²) in [6, 6.07) is 4.45. The van der Waals surface area contributed by atoms with Gasteiger partial charge in [-0.05, 0) is 31.0 Å². The molecule has 0 spiro atoms. The van der Waals surface area contributed by atoms with Gasteiger partial charge in [-0.25, -0.2) is 9.18 Å². The SMILES string of the molecule is COC(=O)c1ccc(F)cc1NC1CCCCCCC1. The van der Waals surface area contributed by atoms with E-state index in [2.05, 4.69) is 5.32 Å². The summed E-state index contributed by atoms with van der Waals surface area (Å²) in [5, 5.41) is 3.33. The largest absolute Gasteiger partial charge is 0.465 e. The zero-order chi connectivity index (χ0) is 14.4. The summed E-state index contributed by atoms with van der Waals surface area (Å²) < 4.78 is 18.2. The molecule has 1 aliphatic rings. The summed E-state index contributed by atoms with van der Waals surface area (Å²) in [7, 11) is 1.34. The van der Waals surface area contributed by atoms with Gasteiger partial charge in [0.1, 0.15) is 5.82 Å². The summed E-state index contributed by atoms with van der Waals surface area (Å²) in [6.45, 7) is 0. The molecule has 3 nitrogen and oxygen atoms in total. The molecule has 4 heteroatoms. The minimum absolute atomic E-state index is 0.306. The number of esters is 1. The first-order valence-electron chi connectivity index (χ1n) is 7.35. The van der Waals surface area contributed by atoms with Crippen LogP contribution in [0, 0.1) is 5.82 Å². The molecule has 0 aliphatic heterocycles. The van der Waals surface area contributed by atoms with Crippen LogP contribution < -0.4 is 5.32 Å². The maximum Gasteiger partial charge on any atom is 0.339 e. The number of nitrogens with one attached hydrogen (secondary N) is 1. The average Bonchev–Trinajstić information content (AvgIpc) is 2.41. The Kier molecular flexibility index (Phi) is 5.39. The predicted molar refractivity (Wildman–Crippen MR) is 77.5 cm³/mol. The molecule has 0 aromatic heterocycles. The number of carbonyl (C=O) groups is 1. The van der Waals surface area contributed by atoms with Crippen molar-refractivity contribution in [3.8, 4) is 0 Å². The third kappa shape index (κ3) is 3.95. The van der Waals surface area contributed by atoms with Crippen LogP contribution in [-0.4, -0.2) is 19.1 Å². The monoisotopic (exact) mass is 279 g/mol. The molecule has 1 N–H and O–H groups in total. The fraction of sp³-hybridized carbons (Fsp3) is 0.562. The first-order chi connectivity index (χ1) is 9.70. The second-order valence-corrected chi connectivity index (χ2v) is 5.37. The molecule has 1 aromatic rings. The van der Waals surface area contributed by atoms with Gasteiger partial charge in [-0.1, -0.05) is 32.1 Å². The van der Waals surface area contributed by atoms with Gasteiger partial charge in [0.15, 0.2) is 0 Å². The molecule has 1 saturated carbocycles. The number of hydrogen-bond acceptors (Lipinski definition) is 3. The van der Waals surface area contributed by atoms with E-state index in [0.717, 1.165) is 12.8 Å². The van der Waals surface area contributed by atoms with Gasteiger partial charge in [0.2, 0.25) is 0 Å². The van der Waals surface area contributed by atoms with E-state index < -0.39 is 5.97 Å².